The van der Waals surface area contributed by atoms with Crippen LogP contribution in [0.25, 0.3) is 0 Å². The molecule has 0 saturated carbocycles. The number of rotatable bonds is 7. The van der Waals surface area contributed by atoms with E-state index in [0.717, 1.165) is 5.56 Å². The fourth-order valence-electron chi connectivity index (χ4n) is 2.23. The molecule has 112 valence electrons. The maximum atomic E-state index is 14.3. The van der Waals surface area contributed by atoms with Crippen molar-refractivity contribution in [3.63, 3.8) is 0 Å². The minimum atomic E-state index is -2.89. The molecule has 2 aromatic rings. The number of benzene rings is 2. The van der Waals surface area contributed by atoms with Crippen molar-refractivity contribution in [3.05, 3.63) is 71.8 Å². The van der Waals surface area contributed by atoms with Gasteiger partial charge in [-0.3, -0.25) is 4.90 Å². The van der Waals surface area contributed by atoms with Crippen LogP contribution in [-0.2, 0) is 12.5 Å². The van der Waals surface area contributed by atoms with E-state index in [2.05, 4.69) is 0 Å². The predicted molar refractivity (Wildman–Crippen MR) is 82.8 cm³/mol. The highest BCUT2D eigenvalue weighted by atomic mass is 35.5. The van der Waals surface area contributed by atoms with Gasteiger partial charge >= 0.3 is 0 Å². The molecule has 0 unspecified atom stereocenters. The number of alkyl halides is 3. The summed E-state index contributed by atoms with van der Waals surface area (Å²) in [7, 11) is 0. The first-order valence-electron chi connectivity index (χ1n) is 6.87. The van der Waals surface area contributed by atoms with Gasteiger partial charge < -0.3 is 0 Å². The highest BCUT2D eigenvalue weighted by molar-refractivity contribution is 6.18. The van der Waals surface area contributed by atoms with Crippen molar-refractivity contribution in [2.24, 2.45) is 0 Å². The molecule has 0 spiro atoms. The van der Waals surface area contributed by atoms with Gasteiger partial charge in [-0.2, -0.15) is 8.78 Å². The lowest BCUT2D eigenvalue weighted by Crippen LogP contribution is -2.36. The molecule has 0 bridgehead atoms. The molecule has 0 amide bonds. The second-order valence-electron chi connectivity index (χ2n) is 4.96. The fraction of sp³-hybridized carbons (Fsp3) is 0.294. The Balaban J connectivity index is 2.08. The molecule has 0 atom stereocenters. The van der Waals surface area contributed by atoms with E-state index in [0.29, 0.717) is 19.0 Å². The van der Waals surface area contributed by atoms with Crippen molar-refractivity contribution in [3.8, 4) is 0 Å². The maximum absolute atomic E-state index is 14.3. The van der Waals surface area contributed by atoms with Gasteiger partial charge in [-0.15, -0.1) is 11.6 Å². The van der Waals surface area contributed by atoms with Gasteiger partial charge in [-0.1, -0.05) is 60.7 Å². The molecule has 2 aromatic carbocycles. The van der Waals surface area contributed by atoms with Gasteiger partial charge in [0.15, 0.2) is 0 Å². The minimum Gasteiger partial charge on any atom is -0.292 e. The first kappa shape index (κ1) is 15.9. The Morgan fingerprint density at radius 1 is 0.905 bits per heavy atom. The van der Waals surface area contributed by atoms with E-state index in [4.69, 9.17) is 11.6 Å². The average molecular weight is 310 g/mol. The highest BCUT2D eigenvalue weighted by Gasteiger charge is 2.33. The summed E-state index contributed by atoms with van der Waals surface area (Å²) < 4.78 is 28.7. The number of hydrogen-bond acceptors (Lipinski definition) is 1. The van der Waals surface area contributed by atoms with Crippen LogP contribution in [0, 0.1) is 0 Å². The van der Waals surface area contributed by atoms with Crippen molar-refractivity contribution in [2.75, 3.05) is 19.0 Å². The third kappa shape index (κ3) is 4.80. The van der Waals surface area contributed by atoms with Gasteiger partial charge in [0, 0.05) is 24.5 Å². The van der Waals surface area contributed by atoms with Crippen LogP contribution in [0.1, 0.15) is 11.1 Å². The summed E-state index contributed by atoms with van der Waals surface area (Å²) >= 11 is 5.75. The molecule has 0 N–H and O–H groups in total. The SMILES string of the molecule is FC(F)(CN(CCCl)Cc1ccccc1)c1ccccc1. The Kier molecular flexibility index (Phi) is 5.71. The maximum Gasteiger partial charge on any atom is 0.285 e. The number of nitrogens with zero attached hydrogens (tertiary/aromatic N) is 1. The third-order valence-electron chi connectivity index (χ3n) is 3.27. The van der Waals surface area contributed by atoms with E-state index < -0.39 is 5.92 Å². The van der Waals surface area contributed by atoms with Crippen molar-refractivity contribution >= 4 is 11.6 Å². The first-order chi connectivity index (χ1) is 10.1. The van der Waals surface area contributed by atoms with Crippen LogP contribution in [0.15, 0.2) is 60.7 Å². The van der Waals surface area contributed by atoms with E-state index in [1.807, 2.05) is 30.3 Å². The standard InChI is InChI=1S/C17H18ClF2N/c18-11-12-21(13-15-7-3-1-4-8-15)14-17(19,20)16-9-5-2-6-10-16/h1-10H,11-14H2. The predicted octanol–water partition coefficient (Wildman–Crippen LogP) is 4.52. The van der Waals surface area contributed by atoms with Crippen molar-refractivity contribution < 1.29 is 8.78 Å². The summed E-state index contributed by atoms with van der Waals surface area (Å²) in [6, 6.07) is 17.5. The monoisotopic (exact) mass is 309 g/mol. The van der Waals surface area contributed by atoms with Gasteiger partial charge in [0.1, 0.15) is 0 Å². The van der Waals surface area contributed by atoms with Crippen molar-refractivity contribution in [2.45, 2.75) is 12.5 Å². The molecule has 0 fully saturated rings. The summed E-state index contributed by atoms with van der Waals surface area (Å²) in [4.78, 5) is 1.69. The zero-order valence-electron chi connectivity index (χ0n) is 11.7. The summed E-state index contributed by atoms with van der Waals surface area (Å²) in [6.45, 7) is 0.563. The average Bonchev–Trinajstić information content (AvgIpc) is 2.49. The van der Waals surface area contributed by atoms with Crippen molar-refractivity contribution in [1.29, 1.82) is 0 Å². The normalized spacial score (nSPS) is 11.8. The Hall–Kier alpha value is -1.45. The van der Waals surface area contributed by atoms with Gasteiger partial charge in [-0.25, -0.2) is 0 Å². The van der Waals surface area contributed by atoms with E-state index in [1.54, 1.807) is 23.1 Å². The van der Waals surface area contributed by atoms with Crippen LogP contribution >= 0.6 is 11.6 Å². The zero-order chi connectivity index (χ0) is 15.1. The van der Waals surface area contributed by atoms with E-state index in [1.165, 1.54) is 12.1 Å². The molecule has 0 aromatic heterocycles. The molecule has 0 aliphatic heterocycles. The third-order valence-corrected chi connectivity index (χ3v) is 3.44. The highest BCUT2D eigenvalue weighted by Crippen LogP contribution is 2.29. The number of hydrogen-bond donors (Lipinski definition) is 0. The van der Waals surface area contributed by atoms with Crippen molar-refractivity contribution in [1.82, 2.24) is 4.90 Å². The fourth-order valence-corrected chi connectivity index (χ4v) is 2.47. The van der Waals surface area contributed by atoms with Crippen LogP contribution < -0.4 is 0 Å². The topological polar surface area (TPSA) is 3.24 Å². The zero-order valence-corrected chi connectivity index (χ0v) is 12.4. The Bertz CT molecular complexity index is 531. The quantitative estimate of drug-likeness (QED) is 0.680. The van der Waals surface area contributed by atoms with E-state index >= 15 is 0 Å². The van der Waals surface area contributed by atoms with Crippen LogP contribution in [0.5, 0.6) is 0 Å². The Labute approximate surface area is 129 Å². The largest absolute Gasteiger partial charge is 0.292 e. The lowest BCUT2D eigenvalue weighted by Gasteiger charge is -2.27. The van der Waals surface area contributed by atoms with Gasteiger partial charge in [-0.05, 0) is 5.56 Å². The van der Waals surface area contributed by atoms with Gasteiger partial charge in [0.05, 0.1) is 6.54 Å². The second kappa shape index (κ2) is 7.53. The summed E-state index contributed by atoms with van der Waals surface area (Å²) in [6.07, 6.45) is 0. The van der Waals surface area contributed by atoms with E-state index in [-0.39, 0.29) is 12.1 Å². The molecule has 1 nitrogen and oxygen atoms in total. The molecule has 0 radical (unpaired) electrons. The minimum absolute atomic E-state index is 0.0395. The molecule has 0 aliphatic rings. The van der Waals surface area contributed by atoms with Crippen LogP contribution in [0.3, 0.4) is 0 Å². The summed E-state index contributed by atoms with van der Waals surface area (Å²) in [5.41, 5.74) is 1.05. The van der Waals surface area contributed by atoms with Crippen LogP contribution in [0.4, 0.5) is 8.78 Å². The molecule has 2 rings (SSSR count). The summed E-state index contributed by atoms with van der Waals surface area (Å²) in [5.74, 6) is -2.56. The number of halogens is 3. The summed E-state index contributed by atoms with van der Waals surface area (Å²) in [5, 5.41) is 0. The molecule has 21 heavy (non-hydrogen) atoms. The van der Waals surface area contributed by atoms with Crippen LogP contribution in [0.2, 0.25) is 0 Å². The Morgan fingerprint density at radius 3 is 2.05 bits per heavy atom. The molecular formula is C17H18ClF2N. The lowest BCUT2D eigenvalue weighted by atomic mass is 10.1. The lowest BCUT2D eigenvalue weighted by molar-refractivity contribution is -0.0386. The van der Waals surface area contributed by atoms with Gasteiger partial charge in [0.2, 0.25) is 0 Å². The Morgan fingerprint density at radius 2 is 1.48 bits per heavy atom. The molecule has 0 aliphatic carbocycles. The smallest absolute Gasteiger partial charge is 0.285 e. The molecule has 0 heterocycles. The first-order valence-corrected chi connectivity index (χ1v) is 7.41. The van der Waals surface area contributed by atoms with E-state index in [9.17, 15) is 8.78 Å². The molecular weight excluding hydrogens is 292 g/mol. The van der Waals surface area contributed by atoms with Crippen LogP contribution in [-0.4, -0.2) is 23.9 Å². The molecule has 0 saturated heterocycles. The molecule has 4 heteroatoms. The second-order valence-corrected chi connectivity index (χ2v) is 5.33. The van der Waals surface area contributed by atoms with Gasteiger partial charge in [0.25, 0.3) is 5.92 Å².